The first-order valence-corrected chi connectivity index (χ1v) is 9.62. The second-order valence-corrected chi connectivity index (χ2v) is 6.68. The molecule has 0 aromatic heterocycles. The van der Waals surface area contributed by atoms with E-state index in [1.807, 2.05) is 49.9 Å². The molecule has 144 valence electrons. The molecule has 0 aliphatic carbocycles. The van der Waals surface area contributed by atoms with Crippen molar-refractivity contribution in [1.82, 2.24) is 15.5 Å². The van der Waals surface area contributed by atoms with Crippen LogP contribution < -0.4 is 15.4 Å². The number of carbonyl (C=O) groups excluding carboxylic acids is 1. The molecule has 2 rings (SSSR count). The van der Waals surface area contributed by atoms with Gasteiger partial charge in [-0.15, -0.1) is 0 Å². The van der Waals surface area contributed by atoms with Gasteiger partial charge in [-0.2, -0.15) is 0 Å². The van der Waals surface area contributed by atoms with Gasteiger partial charge in [0.15, 0.2) is 5.96 Å². The predicted molar refractivity (Wildman–Crippen MR) is 106 cm³/mol. The molecule has 26 heavy (non-hydrogen) atoms. The molecule has 1 aromatic rings. The van der Waals surface area contributed by atoms with E-state index in [0.29, 0.717) is 13.0 Å². The molecule has 1 amide bonds. The summed E-state index contributed by atoms with van der Waals surface area (Å²) in [5, 5.41) is 6.59. The number of rotatable bonds is 9. The molecule has 1 aliphatic rings. The third kappa shape index (κ3) is 6.58. The number of amides is 1. The predicted octanol–water partition coefficient (Wildman–Crippen LogP) is 2.33. The van der Waals surface area contributed by atoms with Gasteiger partial charge in [0.05, 0.1) is 6.54 Å². The Morgan fingerprint density at radius 1 is 1.35 bits per heavy atom. The fourth-order valence-electron chi connectivity index (χ4n) is 2.92. The molecule has 0 spiro atoms. The average Bonchev–Trinajstić information content (AvgIpc) is 3.03. The molecule has 2 N–H and O–H groups in total. The maximum Gasteiger partial charge on any atom is 0.222 e. The van der Waals surface area contributed by atoms with Gasteiger partial charge in [-0.25, -0.2) is 4.99 Å². The van der Waals surface area contributed by atoms with Gasteiger partial charge in [-0.1, -0.05) is 18.2 Å². The monoisotopic (exact) mass is 360 g/mol. The highest BCUT2D eigenvalue weighted by atomic mass is 16.5. The van der Waals surface area contributed by atoms with E-state index in [1.165, 1.54) is 0 Å². The molecule has 1 atom stereocenters. The number of guanidine groups is 1. The van der Waals surface area contributed by atoms with E-state index >= 15 is 0 Å². The van der Waals surface area contributed by atoms with Gasteiger partial charge < -0.3 is 20.3 Å². The van der Waals surface area contributed by atoms with Gasteiger partial charge in [0.1, 0.15) is 11.9 Å². The average molecular weight is 361 g/mol. The zero-order chi connectivity index (χ0) is 18.8. The molecule has 0 saturated carbocycles. The van der Waals surface area contributed by atoms with Crippen LogP contribution in [0.25, 0.3) is 0 Å². The number of para-hydroxylation sites is 1. The van der Waals surface area contributed by atoms with Crippen molar-refractivity contribution in [3.05, 3.63) is 29.8 Å². The quantitative estimate of drug-likeness (QED) is 0.403. The number of nitrogens with one attached hydrogen (secondary N) is 2. The van der Waals surface area contributed by atoms with Crippen LogP contribution in [0.4, 0.5) is 0 Å². The van der Waals surface area contributed by atoms with Gasteiger partial charge >= 0.3 is 0 Å². The van der Waals surface area contributed by atoms with Crippen LogP contribution in [0.15, 0.2) is 29.3 Å². The Morgan fingerprint density at radius 2 is 2.15 bits per heavy atom. The number of carbonyl (C=O) groups is 1. The van der Waals surface area contributed by atoms with Gasteiger partial charge in [-0.3, -0.25) is 4.79 Å². The fourth-order valence-corrected chi connectivity index (χ4v) is 2.92. The standard InChI is InChI=1S/C20H32N4O2/c1-4-21-20(22-12-8-14-24-13-7-11-19(24)25)23-15-17(3)26-18-10-6-5-9-16(18)2/h5-6,9-10,17H,4,7-8,11-15H2,1-3H3,(H2,21,22,23). The molecule has 6 nitrogen and oxygen atoms in total. The normalized spacial score (nSPS) is 15.9. The van der Waals surface area contributed by atoms with Crippen molar-refractivity contribution in [2.24, 2.45) is 4.99 Å². The zero-order valence-corrected chi connectivity index (χ0v) is 16.3. The van der Waals surface area contributed by atoms with E-state index in [1.54, 1.807) is 0 Å². The Labute approximate surface area is 157 Å². The number of likely N-dealkylation sites (tertiary alicyclic amines) is 1. The van der Waals surface area contributed by atoms with Crippen LogP contribution in [0, 0.1) is 6.92 Å². The van der Waals surface area contributed by atoms with Crippen LogP contribution in [-0.4, -0.2) is 55.6 Å². The van der Waals surface area contributed by atoms with E-state index in [9.17, 15) is 4.79 Å². The lowest BCUT2D eigenvalue weighted by molar-refractivity contribution is -0.127. The van der Waals surface area contributed by atoms with E-state index in [0.717, 1.165) is 56.3 Å². The maximum atomic E-state index is 11.6. The Bertz CT molecular complexity index is 603. The van der Waals surface area contributed by atoms with Crippen LogP contribution in [0.2, 0.25) is 0 Å². The number of ether oxygens (including phenoxy) is 1. The molecule has 6 heteroatoms. The SMILES string of the molecule is CCNC(=NCC(C)Oc1ccccc1C)NCCCN1CCCC1=O. The van der Waals surface area contributed by atoms with Crippen molar-refractivity contribution < 1.29 is 9.53 Å². The number of aryl methyl sites for hydroxylation is 1. The molecule has 0 bridgehead atoms. The van der Waals surface area contributed by atoms with Crippen molar-refractivity contribution in [2.75, 3.05) is 32.7 Å². The van der Waals surface area contributed by atoms with E-state index in [4.69, 9.17) is 4.74 Å². The lowest BCUT2D eigenvalue weighted by Gasteiger charge is -2.17. The van der Waals surface area contributed by atoms with Gasteiger partial charge in [0, 0.05) is 32.6 Å². The Hall–Kier alpha value is -2.24. The van der Waals surface area contributed by atoms with Crippen LogP contribution in [-0.2, 0) is 4.79 Å². The summed E-state index contributed by atoms with van der Waals surface area (Å²) in [4.78, 5) is 18.2. The first kappa shape index (κ1) is 20.1. The summed E-state index contributed by atoms with van der Waals surface area (Å²) in [6.07, 6.45) is 2.62. The van der Waals surface area contributed by atoms with Crippen molar-refractivity contribution in [3.63, 3.8) is 0 Å². The summed E-state index contributed by atoms with van der Waals surface area (Å²) in [6.45, 7) is 10.0. The first-order valence-electron chi connectivity index (χ1n) is 9.62. The molecule has 1 aromatic carbocycles. The van der Waals surface area contributed by atoms with E-state index < -0.39 is 0 Å². The molecule has 1 heterocycles. The lowest BCUT2D eigenvalue weighted by atomic mass is 10.2. The van der Waals surface area contributed by atoms with E-state index in [2.05, 4.69) is 15.6 Å². The molecule has 1 saturated heterocycles. The molecule has 1 unspecified atom stereocenters. The number of benzene rings is 1. The third-order valence-electron chi connectivity index (χ3n) is 4.34. The highest BCUT2D eigenvalue weighted by molar-refractivity contribution is 5.79. The molecule has 0 radical (unpaired) electrons. The van der Waals surface area contributed by atoms with Crippen molar-refractivity contribution in [2.45, 2.75) is 46.1 Å². The Morgan fingerprint density at radius 3 is 2.85 bits per heavy atom. The Kier molecular flexibility index (Phi) is 8.25. The number of nitrogens with zero attached hydrogens (tertiary/aromatic N) is 2. The Balaban J connectivity index is 1.74. The molecule has 1 aliphatic heterocycles. The zero-order valence-electron chi connectivity index (χ0n) is 16.3. The lowest BCUT2D eigenvalue weighted by Crippen LogP contribution is -2.39. The van der Waals surface area contributed by atoms with Crippen molar-refractivity contribution in [1.29, 1.82) is 0 Å². The summed E-state index contributed by atoms with van der Waals surface area (Å²) in [6, 6.07) is 8.02. The largest absolute Gasteiger partial charge is 0.489 e. The van der Waals surface area contributed by atoms with Gasteiger partial charge in [0.25, 0.3) is 0 Å². The van der Waals surface area contributed by atoms with Crippen molar-refractivity contribution in [3.8, 4) is 5.75 Å². The minimum Gasteiger partial charge on any atom is -0.489 e. The molecule has 1 fully saturated rings. The second-order valence-electron chi connectivity index (χ2n) is 6.68. The van der Waals surface area contributed by atoms with E-state index in [-0.39, 0.29) is 12.0 Å². The minimum absolute atomic E-state index is 0.00576. The highest BCUT2D eigenvalue weighted by Crippen LogP contribution is 2.17. The number of hydrogen-bond donors (Lipinski definition) is 2. The van der Waals surface area contributed by atoms with Crippen LogP contribution in [0.5, 0.6) is 5.75 Å². The number of hydrogen-bond acceptors (Lipinski definition) is 3. The van der Waals surface area contributed by atoms with Gasteiger partial charge in [-0.05, 0) is 45.2 Å². The van der Waals surface area contributed by atoms with Crippen LogP contribution >= 0.6 is 0 Å². The van der Waals surface area contributed by atoms with Crippen molar-refractivity contribution >= 4 is 11.9 Å². The highest BCUT2D eigenvalue weighted by Gasteiger charge is 2.18. The minimum atomic E-state index is -0.00576. The summed E-state index contributed by atoms with van der Waals surface area (Å²) in [5.41, 5.74) is 1.13. The molecular formula is C20H32N4O2. The second kappa shape index (κ2) is 10.7. The summed E-state index contributed by atoms with van der Waals surface area (Å²) in [5.74, 6) is 1.98. The third-order valence-corrected chi connectivity index (χ3v) is 4.34. The summed E-state index contributed by atoms with van der Waals surface area (Å²) < 4.78 is 5.97. The molecular weight excluding hydrogens is 328 g/mol. The topological polar surface area (TPSA) is 66.0 Å². The number of aliphatic imine (C=N–C) groups is 1. The van der Waals surface area contributed by atoms with Crippen LogP contribution in [0.1, 0.15) is 38.7 Å². The summed E-state index contributed by atoms with van der Waals surface area (Å²) in [7, 11) is 0. The van der Waals surface area contributed by atoms with Gasteiger partial charge in [0.2, 0.25) is 5.91 Å². The first-order chi connectivity index (χ1) is 12.6. The summed E-state index contributed by atoms with van der Waals surface area (Å²) >= 11 is 0. The smallest absolute Gasteiger partial charge is 0.222 e. The maximum absolute atomic E-state index is 11.6. The van der Waals surface area contributed by atoms with Crippen LogP contribution in [0.3, 0.4) is 0 Å². The fraction of sp³-hybridized carbons (Fsp3) is 0.600.